The summed E-state index contributed by atoms with van der Waals surface area (Å²) in [5, 5.41) is 15.9. The van der Waals surface area contributed by atoms with Crippen LogP contribution in [0.5, 0.6) is 0 Å². The first-order chi connectivity index (χ1) is 13.5. The first-order valence-corrected chi connectivity index (χ1v) is 8.46. The van der Waals surface area contributed by atoms with Crippen LogP contribution in [0.4, 0.5) is 11.6 Å². The molecule has 0 unspecified atom stereocenters. The van der Waals surface area contributed by atoms with Gasteiger partial charge in [-0.25, -0.2) is 0 Å². The van der Waals surface area contributed by atoms with Crippen LogP contribution in [0.2, 0.25) is 0 Å². The summed E-state index contributed by atoms with van der Waals surface area (Å²) in [5.74, 6) is -0.810. The van der Waals surface area contributed by atoms with E-state index in [9.17, 15) is 19.7 Å². The molecule has 1 N–H and O–H groups in total. The zero-order valence-corrected chi connectivity index (χ0v) is 14.7. The maximum absolute atomic E-state index is 12.6. The van der Waals surface area contributed by atoms with Crippen molar-refractivity contribution in [1.82, 2.24) is 4.90 Å². The monoisotopic (exact) mass is 378 g/mol. The second-order valence-corrected chi connectivity index (χ2v) is 6.05. The van der Waals surface area contributed by atoms with Gasteiger partial charge in [-0.15, -0.1) is 0 Å². The Bertz CT molecular complexity index is 1140. The van der Waals surface area contributed by atoms with Crippen LogP contribution in [0, 0.1) is 10.1 Å². The van der Waals surface area contributed by atoms with Crippen molar-refractivity contribution in [1.29, 1.82) is 0 Å². The van der Waals surface area contributed by atoms with E-state index < -0.39 is 4.92 Å². The molecule has 140 valence electrons. The number of hydrogen-bond acceptors (Lipinski definition) is 7. The summed E-state index contributed by atoms with van der Waals surface area (Å²) >= 11 is 0. The molecule has 0 fully saturated rings. The summed E-state index contributed by atoms with van der Waals surface area (Å²) in [7, 11) is 0. The zero-order valence-electron chi connectivity index (χ0n) is 14.7. The van der Waals surface area contributed by atoms with Gasteiger partial charge in [-0.2, -0.15) is 5.10 Å². The van der Waals surface area contributed by atoms with E-state index in [-0.39, 0.29) is 23.5 Å². The number of amides is 2. The first kappa shape index (κ1) is 17.4. The normalized spacial score (nSPS) is 13.5. The number of furan rings is 1. The third-order valence-corrected chi connectivity index (χ3v) is 4.48. The molecule has 3 aromatic rings. The number of hydrazone groups is 1. The second kappa shape index (κ2) is 6.62. The summed E-state index contributed by atoms with van der Waals surface area (Å²) in [4.78, 5) is 36.4. The van der Waals surface area contributed by atoms with Gasteiger partial charge in [0.15, 0.2) is 5.76 Å². The predicted octanol–water partition coefficient (Wildman–Crippen LogP) is 3.40. The van der Waals surface area contributed by atoms with E-state index in [1.165, 1.54) is 23.2 Å². The lowest BCUT2D eigenvalue weighted by molar-refractivity contribution is -0.402. The van der Waals surface area contributed by atoms with E-state index in [2.05, 4.69) is 10.5 Å². The molecule has 0 atom stereocenters. The molecule has 0 bridgehead atoms. The highest BCUT2D eigenvalue weighted by atomic mass is 16.6. The number of carbonyl (C=O) groups is 2. The number of benzene rings is 2. The number of carbonyl (C=O) groups excluding carboxylic acids is 2. The van der Waals surface area contributed by atoms with E-state index in [0.29, 0.717) is 34.1 Å². The number of imide groups is 1. The molecule has 28 heavy (non-hydrogen) atoms. The van der Waals surface area contributed by atoms with Crippen LogP contribution in [0.25, 0.3) is 10.8 Å². The first-order valence-electron chi connectivity index (χ1n) is 8.46. The number of hydrogen-bond donors (Lipinski definition) is 1. The molecule has 1 aromatic heterocycles. The Morgan fingerprint density at radius 3 is 2.57 bits per heavy atom. The fraction of sp³-hybridized carbons (Fsp3) is 0.105. The van der Waals surface area contributed by atoms with E-state index in [1.54, 1.807) is 37.3 Å². The van der Waals surface area contributed by atoms with Crippen LogP contribution in [0.1, 0.15) is 33.4 Å². The van der Waals surface area contributed by atoms with Gasteiger partial charge in [-0.05, 0) is 31.2 Å². The van der Waals surface area contributed by atoms with Crippen LogP contribution >= 0.6 is 0 Å². The molecule has 9 heteroatoms. The molecule has 2 amide bonds. The van der Waals surface area contributed by atoms with Gasteiger partial charge in [0.25, 0.3) is 11.8 Å². The largest absolute Gasteiger partial charge is 0.433 e. The Balaban J connectivity index is 1.70. The topological polar surface area (TPSA) is 118 Å². The van der Waals surface area contributed by atoms with Gasteiger partial charge >= 0.3 is 5.88 Å². The van der Waals surface area contributed by atoms with Gasteiger partial charge in [0.1, 0.15) is 4.92 Å². The smallest absolute Gasteiger partial charge is 0.400 e. The van der Waals surface area contributed by atoms with E-state index >= 15 is 0 Å². The number of nitrogens with one attached hydrogen (secondary N) is 1. The summed E-state index contributed by atoms with van der Waals surface area (Å²) in [6, 6.07) is 11.2. The molecule has 2 aromatic carbocycles. The fourth-order valence-corrected chi connectivity index (χ4v) is 3.21. The quantitative estimate of drug-likeness (QED) is 0.315. The van der Waals surface area contributed by atoms with Gasteiger partial charge in [-0.3, -0.25) is 30.0 Å². The van der Waals surface area contributed by atoms with E-state index in [1.807, 2.05) is 0 Å². The van der Waals surface area contributed by atoms with Crippen molar-refractivity contribution >= 4 is 40.4 Å². The maximum Gasteiger partial charge on any atom is 0.433 e. The third-order valence-electron chi connectivity index (χ3n) is 4.48. The molecule has 1 aliphatic rings. The highest BCUT2D eigenvalue weighted by Crippen LogP contribution is 2.34. The number of nitrogens with zero attached hydrogens (tertiary/aromatic N) is 3. The molecule has 1 aliphatic heterocycles. The maximum atomic E-state index is 12.6. The summed E-state index contributed by atoms with van der Waals surface area (Å²) in [5.41, 5.74) is 4.34. The molecule has 0 spiro atoms. The number of anilines is 1. The predicted molar refractivity (Wildman–Crippen MR) is 102 cm³/mol. The summed E-state index contributed by atoms with van der Waals surface area (Å²) < 4.78 is 5.00. The standard InChI is InChI=1S/C19H14N4O5/c1-2-22-18(24)13-5-3-4-12-15(8-7-14(17(12)13)19(22)25)21-20-10-11-6-9-16(28-11)23(26)27/h3-10,21H,2H2,1H3/b20-10+. The van der Waals surface area contributed by atoms with Gasteiger partial charge in [0, 0.05) is 28.4 Å². The zero-order chi connectivity index (χ0) is 19.8. The fourth-order valence-electron chi connectivity index (χ4n) is 3.21. The Hall–Kier alpha value is -4.01. The molecular weight excluding hydrogens is 364 g/mol. The van der Waals surface area contributed by atoms with Crippen molar-refractivity contribution in [2.75, 3.05) is 12.0 Å². The van der Waals surface area contributed by atoms with Crippen molar-refractivity contribution in [3.63, 3.8) is 0 Å². The van der Waals surface area contributed by atoms with Crippen LogP contribution < -0.4 is 5.43 Å². The van der Waals surface area contributed by atoms with Gasteiger partial charge in [-0.1, -0.05) is 12.1 Å². The Labute approximate surface area is 158 Å². The van der Waals surface area contributed by atoms with Crippen molar-refractivity contribution in [3.8, 4) is 0 Å². The summed E-state index contributed by atoms with van der Waals surface area (Å²) in [6.45, 7) is 2.05. The SMILES string of the molecule is CCN1C(=O)c2cccc3c(N/N=C/c4ccc([N+](=O)[O-])o4)ccc(c23)C1=O. The summed E-state index contributed by atoms with van der Waals surface area (Å²) in [6.07, 6.45) is 1.30. The van der Waals surface area contributed by atoms with Gasteiger partial charge in [0.2, 0.25) is 0 Å². The third kappa shape index (κ3) is 2.69. The van der Waals surface area contributed by atoms with Crippen LogP contribution in [-0.4, -0.2) is 34.4 Å². The minimum Gasteiger partial charge on any atom is -0.400 e. The van der Waals surface area contributed by atoms with Crippen LogP contribution in [0.3, 0.4) is 0 Å². The van der Waals surface area contributed by atoms with Crippen LogP contribution in [-0.2, 0) is 0 Å². The lowest BCUT2D eigenvalue weighted by Crippen LogP contribution is -2.40. The van der Waals surface area contributed by atoms with E-state index in [0.717, 1.165) is 0 Å². The van der Waals surface area contributed by atoms with E-state index in [4.69, 9.17) is 4.42 Å². The molecule has 2 heterocycles. The van der Waals surface area contributed by atoms with Gasteiger partial charge in [0.05, 0.1) is 18.0 Å². The minimum absolute atomic E-state index is 0.214. The Morgan fingerprint density at radius 2 is 1.89 bits per heavy atom. The molecule has 9 nitrogen and oxygen atoms in total. The number of nitro groups is 1. The molecule has 0 aliphatic carbocycles. The minimum atomic E-state index is -0.634. The Kier molecular flexibility index (Phi) is 4.11. The van der Waals surface area contributed by atoms with Crippen molar-refractivity contribution in [2.45, 2.75) is 6.92 Å². The van der Waals surface area contributed by atoms with Crippen molar-refractivity contribution in [3.05, 3.63) is 69.5 Å². The highest BCUT2D eigenvalue weighted by molar-refractivity contribution is 6.26. The van der Waals surface area contributed by atoms with Crippen LogP contribution in [0.15, 0.2) is 52.0 Å². The lowest BCUT2D eigenvalue weighted by Gasteiger charge is -2.26. The Morgan fingerprint density at radius 1 is 1.14 bits per heavy atom. The molecule has 0 saturated heterocycles. The molecule has 4 rings (SSSR count). The molecule has 0 radical (unpaired) electrons. The molecular formula is C19H14N4O5. The van der Waals surface area contributed by atoms with Gasteiger partial charge < -0.3 is 4.42 Å². The lowest BCUT2D eigenvalue weighted by atomic mass is 9.93. The van der Waals surface area contributed by atoms with Crippen molar-refractivity contribution < 1.29 is 18.9 Å². The number of rotatable bonds is 5. The second-order valence-electron chi connectivity index (χ2n) is 6.05. The highest BCUT2D eigenvalue weighted by Gasteiger charge is 2.32. The average molecular weight is 378 g/mol. The molecule has 0 saturated carbocycles. The average Bonchev–Trinajstić information content (AvgIpc) is 3.16. The van der Waals surface area contributed by atoms with Crippen molar-refractivity contribution in [2.24, 2.45) is 5.10 Å².